The molecule has 0 spiro atoms. The molecule has 0 amide bonds. The Labute approximate surface area is 134 Å². The predicted molar refractivity (Wildman–Crippen MR) is 82.6 cm³/mol. The number of thiazole rings is 1. The Morgan fingerprint density at radius 2 is 2.41 bits per heavy atom. The van der Waals surface area contributed by atoms with E-state index in [4.69, 9.17) is 4.74 Å². The maximum atomic E-state index is 13.9. The molecule has 3 atom stereocenters. The number of alkyl halides is 1. The summed E-state index contributed by atoms with van der Waals surface area (Å²) >= 11 is 1.62. The van der Waals surface area contributed by atoms with Crippen molar-refractivity contribution in [1.82, 2.24) is 14.8 Å². The van der Waals surface area contributed by atoms with Gasteiger partial charge in [0.2, 0.25) is 0 Å². The number of likely N-dealkylation sites (tertiary alicyclic amines) is 1. The van der Waals surface area contributed by atoms with Gasteiger partial charge < -0.3 is 4.74 Å². The quantitative estimate of drug-likeness (QED) is 0.769. The van der Waals surface area contributed by atoms with Gasteiger partial charge in [0, 0.05) is 37.5 Å². The largest absolute Gasteiger partial charge is 0.464 e. The van der Waals surface area contributed by atoms with Gasteiger partial charge in [-0.15, -0.1) is 11.3 Å². The van der Waals surface area contributed by atoms with E-state index in [1.54, 1.807) is 11.3 Å². The van der Waals surface area contributed by atoms with Crippen LogP contribution in [0.3, 0.4) is 0 Å². The molecule has 7 heteroatoms. The van der Waals surface area contributed by atoms with Crippen LogP contribution < -0.4 is 0 Å². The number of carbonyl (C=O) groups excluding carboxylic acids is 1. The van der Waals surface area contributed by atoms with Crippen molar-refractivity contribution >= 4 is 17.3 Å². The normalized spacial score (nSPS) is 29.5. The SMILES string of the molecule is Cc1nc(CN2C[C@@H](F)C[C@H]2CN(C)[C@@H]2CCOC2=O)cs1. The highest BCUT2D eigenvalue weighted by Gasteiger charge is 2.37. The Hall–Kier alpha value is -1.05. The fraction of sp³-hybridized carbons (Fsp3) is 0.733. The summed E-state index contributed by atoms with van der Waals surface area (Å²) in [5.74, 6) is -0.154. The number of nitrogens with zero attached hydrogens (tertiary/aromatic N) is 3. The molecule has 0 aromatic carbocycles. The fourth-order valence-corrected chi connectivity index (χ4v) is 3.94. The van der Waals surface area contributed by atoms with Gasteiger partial charge in [-0.1, -0.05) is 0 Å². The number of hydrogen-bond acceptors (Lipinski definition) is 6. The molecule has 2 fully saturated rings. The Bertz CT molecular complexity index is 539. The summed E-state index contributed by atoms with van der Waals surface area (Å²) in [6, 6.07) is -0.0579. The Balaban J connectivity index is 1.61. The van der Waals surface area contributed by atoms with E-state index in [0.29, 0.717) is 32.7 Å². The maximum absolute atomic E-state index is 13.9. The Kier molecular flexibility index (Phi) is 4.75. The van der Waals surface area contributed by atoms with Crippen molar-refractivity contribution in [1.29, 1.82) is 0 Å². The Morgan fingerprint density at radius 1 is 1.59 bits per heavy atom. The number of esters is 1. The lowest BCUT2D eigenvalue weighted by atomic mass is 10.1. The van der Waals surface area contributed by atoms with E-state index in [-0.39, 0.29) is 18.1 Å². The number of cyclic esters (lactones) is 1. The number of rotatable bonds is 5. The van der Waals surface area contributed by atoms with Crippen LogP contribution >= 0.6 is 11.3 Å². The molecule has 1 aromatic rings. The molecule has 1 aromatic heterocycles. The van der Waals surface area contributed by atoms with Crippen molar-refractivity contribution < 1.29 is 13.9 Å². The predicted octanol–water partition coefficient (Wildman–Crippen LogP) is 1.61. The van der Waals surface area contributed by atoms with E-state index in [1.807, 2.05) is 24.3 Å². The molecular weight excluding hydrogens is 305 g/mol. The van der Waals surface area contributed by atoms with Crippen LogP contribution in [0, 0.1) is 6.92 Å². The van der Waals surface area contributed by atoms with Crippen molar-refractivity contribution in [2.75, 3.05) is 26.7 Å². The van der Waals surface area contributed by atoms with E-state index >= 15 is 0 Å². The number of hydrogen-bond donors (Lipinski definition) is 0. The van der Waals surface area contributed by atoms with Gasteiger partial charge in [0.05, 0.1) is 17.3 Å². The lowest BCUT2D eigenvalue weighted by Crippen LogP contribution is -2.44. The van der Waals surface area contributed by atoms with Gasteiger partial charge in [0.25, 0.3) is 0 Å². The zero-order valence-corrected chi connectivity index (χ0v) is 13.8. The van der Waals surface area contributed by atoms with Crippen LogP contribution in [0.2, 0.25) is 0 Å². The molecule has 0 unspecified atom stereocenters. The van der Waals surface area contributed by atoms with Gasteiger partial charge in [0.1, 0.15) is 12.2 Å². The van der Waals surface area contributed by atoms with Crippen LogP contribution in [0.25, 0.3) is 0 Å². The molecule has 5 nitrogen and oxygen atoms in total. The molecular formula is C15H22FN3O2S. The van der Waals surface area contributed by atoms with E-state index < -0.39 is 6.17 Å². The van der Waals surface area contributed by atoms with Gasteiger partial charge in [-0.25, -0.2) is 9.37 Å². The minimum atomic E-state index is -0.798. The molecule has 2 aliphatic heterocycles. The first-order chi connectivity index (χ1) is 10.5. The molecule has 0 bridgehead atoms. The monoisotopic (exact) mass is 327 g/mol. The van der Waals surface area contributed by atoms with Crippen molar-refractivity contribution in [2.24, 2.45) is 0 Å². The highest BCUT2D eigenvalue weighted by molar-refractivity contribution is 7.09. The fourth-order valence-electron chi connectivity index (χ4n) is 3.34. The second kappa shape index (κ2) is 6.60. The summed E-state index contributed by atoms with van der Waals surface area (Å²) in [5, 5.41) is 3.07. The third-order valence-corrected chi connectivity index (χ3v) is 5.27. The average molecular weight is 327 g/mol. The molecule has 3 heterocycles. The first-order valence-electron chi connectivity index (χ1n) is 7.69. The molecule has 22 heavy (non-hydrogen) atoms. The lowest BCUT2D eigenvalue weighted by molar-refractivity contribution is -0.142. The molecule has 0 aliphatic carbocycles. The molecule has 2 aliphatic rings. The van der Waals surface area contributed by atoms with Crippen LogP contribution in [0.1, 0.15) is 23.5 Å². The number of halogens is 1. The molecule has 0 radical (unpaired) electrons. The van der Waals surface area contributed by atoms with E-state index in [1.165, 1.54) is 0 Å². The summed E-state index contributed by atoms with van der Waals surface area (Å²) in [6.45, 7) is 4.28. The van der Waals surface area contributed by atoms with Crippen LogP contribution in [0.15, 0.2) is 5.38 Å². The second-order valence-corrected chi connectivity index (χ2v) is 7.25. The number of likely N-dealkylation sites (N-methyl/N-ethyl adjacent to an activating group) is 1. The summed E-state index contributed by atoms with van der Waals surface area (Å²) in [4.78, 5) is 20.3. The van der Waals surface area contributed by atoms with Crippen molar-refractivity contribution in [3.63, 3.8) is 0 Å². The summed E-state index contributed by atoms with van der Waals surface area (Å²) in [7, 11) is 1.92. The zero-order valence-electron chi connectivity index (χ0n) is 13.0. The van der Waals surface area contributed by atoms with Gasteiger partial charge in [-0.05, 0) is 20.4 Å². The number of carbonyl (C=O) groups is 1. The van der Waals surface area contributed by atoms with Gasteiger partial charge in [0.15, 0.2) is 0 Å². The van der Waals surface area contributed by atoms with Crippen molar-refractivity contribution in [2.45, 2.75) is 44.6 Å². The summed E-state index contributed by atoms with van der Waals surface area (Å²) < 4.78 is 18.9. The molecule has 2 saturated heterocycles. The maximum Gasteiger partial charge on any atom is 0.323 e. The van der Waals surface area contributed by atoms with Crippen LogP contribution in [0.4, 0.5) is 4.39 Å². The smallest absolute Gasteiger partial charge is 0.323 e. The zero-order chi connectivity index (χ0) is 15.7. The van der Waals surface area contributed by atoms with Gasteiger partial charge in [-0.3, -0.25) is 14.6 Å². The minimum absolute atomic E-state index is 0.121. The molecule has 122 valence electrons. The van der Waals surface area contributed by atoms with Crippen molar-refractivity contribution in [3.8, 4) is 0 Å². The van der Waals surface area contributed by atoms with Crippen LogP contribution in [-0.2, 0) is 16.1 Å². The first kappa shape index (κ1) is 15.8. The summed E-state index contributed by atoms with van der Waals surface area (Å²) in [6.07, 6.45) is 0.454. The Morgan fingerprint density at radius 3 is 3.05 bits per heavy atom. The lowest BCUT2D eigenvalue weighted by Gasteiger charge is -2.29. The first-order valence-corrected chi connectivity index (χ1v) is 8.57. The van der Waals surface area contributed by atoms with Crippen LogP contribution in [0.5, 0.6) is 0 Å². The molecule has 3 rings (SSSR count). The summed E-state index contributed by atoms with van der Waals surface area (Å²) in [5.41, 5.74) is 1.00. The molecule has 0 N–H and O–H groups in total. The number of aromatic nitrogens is 1. The van der Waals surface area contributed by atoms with Crippen molar-refractivity contribution in [3.05, 3.63) is 16.1 Å². The third kappa shape index (κ3) is 3.47. The standard InChI is InChI=1S/C15H22FN3O2S/c1-10-17-12(9-22-10)7-19-6-11(16)5-13(19)8-18(2)14-3-4-21-15(14)20/h9,11,13-14H,3-8H2,1-2H3/t11-,13-,14+/m0/s1. The molecule has 0 saturated carbocycles. The highest BCUT2D eigenvalue weighted by Crippen LogP contribution is 2.25. The third-order valence-electron chi connectivity index (χ3n) is 4.45. The minimum Gasteiger partial charge on any atom is -0.464 e. The second-order valence-electron chi connectivity index (χ2n) is 6.19. The number of aryl methyl sites for hydroxylation is 1. The topological polar surface area (TPSA) is 45.7 Å². The van der Waals surface area contributed by atoms with E-state index in [0.717, 1.165) is 17.1 Å². The highest BCUT2D eigenvalue weighted by atomic mass is 32.1. The number of ether oxygens (including phenoxy) is 1. The van der Waals surface area contributed by atoms with E-state index in [2.05, 4.69) is 9.88 Å². The van der Waals surface area contributed by atoms with Gasteiger partial charge >= 0.3 is 5.97 Å². The van der Waals surface area contributed by atoms with Gasteiger partial charge in [-0.2, -0.15) is 0 Å². The van der Waals surface area contributed by atoms with Crippen LogP contribution in [-0.4, -0.2) is 65.8 Å². The van der Waals surface area contributed by atoms with E-state index in [9.17, 15) is 9.18 Å². The average Bonchev–Trinajstić information content (AvgIpc) is 3.13.